The van der Waals surface area contributed by atoms with Gasteiger partial charge in [-0.2, -0.15) is 9.97 Å². The monoisotopic (exact) mass is 311 g/mol. The van der Waals surface area contributed by atoms with Crippen molar-refractivity contribution in [3.8, 4) is 17.8 Å². The maximum atomic E-state index is 5.47. The van der Waals surface area contributed by atoms with E-state index in [1.807, 2.05) is 0 Å². The number of halogens is 1. The lowest BCUT2D eigenvalue weighted by Gasteiger charge is -2.06. The number of aromatic nitrogens is 4. The number of hydrogen-bond acceptors (Lipinski definition) is 7. The number of nitrogens with zero attached hydrogens (tertiary/aromatic N) is 4. The molecule has 94 valence electrons. The van der Waals surface area contributed by atoms with E-state index >= 15 is 0 Å². The largest absolute Gasteiger partial charge is 0.467 e. The first kappa shape index (κ1) is 12.5. The van der Waals surface area contributed by atoms with Crippen LogP contribution in [0.15, 0.2) is 22.9 Å². The fraction of sp³-hybridized carbons (Fsp3) is 0.200. The van der Waals surface area contributed by atoms with Gasteiger partial charge in [-0.05, 0) is 22.0 Å². The van der Waals surface area contributed by atoms with Gasteiger partial charge in [0.05, 0.1) is 13.3 Å². The zero-order chi connectivity index (χ0) is 13.0. The Morgan fingerprint density at radius 2 is 1.94 bits per heavy atom. The minimum Gasteiger partial charge on any atom is -0.467 e. The maximum absolute atomic E-state index is 5.47. The molecule has 18 heavy (non-hydrogen) atoms. The van der Waals surface area contributed by atoms with Crippen molar-refractivity contribution >= 4 is 21.9 Å². The minimum absolute atomic E-state index is 0.131. The molecular formula is C10H10BrN5O2. The highest BCUT2D eigenvalue weighted by Gasteiger charge is 2.08. The number of pyridine rings is 1. The maximum Gasteiger partial charge on any atom is 0.330 e. The Hall–Kier alpha value is -1.96. The summed E-state index contributed by atoms with van der Waals surface area (Å²) in [6, 6.07) is 2.06. The zero-order valence-electron chi connectivity index (χ0n) is 9.72. The van der Waals surface area contributed by atoms with Gasteiger partial charge in [-0.1, -0.05) is 0 Å². The van der Waals surface area contributed by atoms with Crippen LogP contribution in [0, 0.1) is 0 Å². The molecule has 0 aromatic carbocycles. The van der Waals surface area contributed by atoms with E-state index in [4.69, 9.17) is 9.47 Å². The molecule has 0 fully saturated rings. The fourth-order valence-corrected chi connectivity index (χ4v) is 1.48. The molecule has 0 aliphatic rings. The molecular weight excluding hydrogens is 302 g/mol. The predicted octanol–water partition coefficient (Wildman–Crippen LogP) is 1.87. The van der Waals surface area contributed by atoms with Crippen LogP contribution >= 0.6 is 15.9 Å². The number of rotatable bonds is 4. The Balaban J connectivity index is 2.28. The van der Waals surface area contributed by atoms with Gasteiger partial charge in [0.25, 0.3) is 0 Å². The van der Waals surface area contributed by atoms with Gasteiger partial charge in [0.1, 0.15) is 0 Å². The normalized spacial score (nSPS) is 9.94. The van der Waals surface area contributed by atoms with Crippen molar-refractivity contribution in [2.24, 2.45) is 0 Å². The molecule has 0 saturated heterocycles. The van der Waals surface area contributed by atoms with Crippen LogP contribution in [-0.2, 0) is 0 Å². The molecule has 2 heterocycles. The average molecular weight is 312 g/mol. The molecule has 0 aliphatic heterocycles. The molecule has 0 saturated carbocycles. The van der Waals surface area contributed by atoms with E-state index < -0.39 is 0 Å². The van der Waals surface area contributed by atoms with E-state index in [1.165, 1.54) is 7.11 Å². The average Bonchev–Trinajstić information content (AvgIpc) is 2.38. The van der Waals surface area contributed by atoms with E-state index in [-0.39, 0.29) is 12.0 Å². The summed E-state index contributed by atoms with van der Waals surface area (Å²) in [4.78, 5) is 16.0. The van der Waals surface area contributed by atoms with Crippen LogP contribution in [0.2, 0.25) is 0 Å². The van der Waals surface area contributed by atoms with Gasteiger partial charge in [0, 0.05) is 17.7 Å². The summed E-state index contributed by atoms with van der Waals surface area (Å²) in [6.07, 6.45) is 3.21. The van der Waals surface area contributed by atoms with Crippen molar-refractivity contribution in [1.29, 1.82) is 0 Å². The Morgan fingerprint density at radius 1 is 1.17 bits per heavy atom. The van der Waals surface area contributed by atoms with Crippen LogP contribution < -0.4 is 14.8 Å². The molecule has 7 nitrogen and oxygen atoms in total. The lowest BCUT2D eigenvalue weighted by Crippen LogP contribution is -2.03. The molecule has 0 amide bonds. The SMILES string of the molecule is CNc1nc(OC)nc(Oc2cncc(Br)c2)n1. The summed E-state index contributed by atoms with van der Waals surface area (Å²) in [6.45, 7) is 0. The summed E-state index contributed by atoms with van der Waals surface area (Å²) in [5.41, 5.74) is 0. The van der Waals surface area contributed by atoms with Gasteiger partial charge in [-0.25, -0.2) is 0 Å². The Labute approximate surface area is 112 Å². The number of ether oxygens (including phenoxy) is 2. The van der Waals surface area contributed by atoms with E-state index in [2.05, 4.69) is 41.2 Å². The van der Waals surface area contributed by atoms with E-state index in [9.17, 15) is 0 Å². The topological polar surface area (TPSA) is 82.1 Å². The van der Waals surface area contributed by atoms with Crippen molar-refractivity contribution in [3.05, 3.63) is 22.9 Å². The lowest BCUT2D eigenvalue weighted by molar-refractivity contribution is 0.360. The van der Waals surface area contributed by atoms with Gasteiger partial charge in [0.2, 0.25) is 5.95 Å². The number of hydrogen-bond donors (Lipinski definition) is 1. The third-order valence-electron chi connectivity index (χ3n) is 1.89. The molecule has 2 aromatic rings. The quantitative estimate of drug-likeness (QED) is 0.923. The van der Waals surface area contributed by atoms with Gasteiger partial charge in [-0.15, -0.1) is 4.98 Å². The van der Waals surface area contributed by atoms with Crippen molar-refractivity contribution < 1.29 is 9.47 Å². The second kappa shape index (κ2) is 5.58. The smallest absolute Gasteiger partial charge is 0.330 e. The van der Waals surface area contributed by atoms with Crippen molar-refractivity contribution in [3.63, 3.8) is 0 Å². The van der Waals surface area contributed by atoms with Crippen LogP contribution in [0.4, 0.5) is 5.95 Å². The van der Waals surface area contributed by atoms with Gasteiger partial charge in [-0.3, -0.25) is 4.98 Å². The predicted molar refractivity (Wildman–Crippen MR) is 67.9 cm³/mol. The molecule has 8 heteroatoms. The first-order chi connectivity index (χ1) is 8.71. The Morgan fingerprint density at radius 3 is 2.61 bits per heavy atom. The van der Waals surface area contributed by atoms with Crippen LogP contribution in [-0.4, -0.2) is 34.1 Å². The molecule has 2 aromatic heterocycles. The highest BCUT2D eigenvalue weighted by molar-refractivity contribution is 9.10. The summed E-state index contributed by atoms with van der Waals surface area (Å²) in [7, 11) is 3.17. The Bertz CT molecular complexity index is 529. The van der Waals surface area contributed by atoms with Crippen LogP contribution in [0.25, 0.3) is 0 Å². The summed E-state index contributed by atoms with van der Waals surface area (Å²) in [5.74, 6) is 0.875. The minimum atomic E-state index is 0.131. The molecule has 0 bridgehead atoms. The van der Waals surface area contributed by atoms with Gasteiger partial charge >= 0.3 is 12.0 Å². The van der Waals surface area contributed by atoms with Crippen molar-refractivity contribution in [2.75, 3.05) is 19.5 Å². The molecule has 0 aliphatic carbocycles. The summed E-state index contributed by atoms with van der Waals surface area (Å²) >= 11 is 3.30. The summed E-state index contributed by atoms with van der Waals surface area (Å²) in [5, 5.41) is 2.79. The standard InChI is InChI=1S/C10H10BrN5O2/c1-12-8-14-9(17-2)16-10(15-8)18-7-3-6(11)4-13-5-7/h3-5H,1-2H3,(H,12,14,15,16). The fourth-order valence-electron chi connectivity index (χ4n) is 1.14. The second-order valence-corrected chi connectivity index (χ2v) is 4.03. The number of methoxy groups -OCH3 is 1. The number of anilines is 1. The third-order valence-corrected chi connectivity index (χ3v) is 2.32. The first-order valence-corrected chi connectivity index (χ1v) is 5.77. The molecule has 0 radical (unpaired) electrons. The molecule has 0 atom stereocenters. The second-order valence-electron chi connectivity index (χ2n) is 3.12. The van der Waals surface area contributed by atoms with E-state index in [1.54, 1.807) is 25.5 Å². The summed E-state index contributed by atoms with van der Waals surface area (Å²) < 4.78 is 11.2. The van der Waals surface area contributed by atoms with Gasteiger partial charge < -0.3 is 14.8 Å². The van der Waals surface area contributed by atoms with E-state index in [0.29, 0.717) is 11.7 Å². The molecule has 0 spiro atoms. The zero-order valence-corrected chi connectivity index (χ0v) is 11.3. The molecule has 2 rings (SSSR count). The van der Waals surface area contributed by atoms with Crippen LogP contribution in [0.1, 0.15) is 0 Å². The van der Waals surface area contributed by atoms with Crippen LogP contribution in [0.5, 0.6) is 17.8 Å². The lowest BCUT2D eigenvalue weighted by atomic mass is 10.5. The van der Waals surface area contributed by atoms with Crippen LogP contribution in [0.3, 0.4) is 0 Å². The number of nitrogens with one attached hydrogen (secondary N) is 1. The van der Waals surface area contributed by atoms with Crippen molar-refractivity contribution in [2.45, 2.75) is 0 Å². The van der Waals surface area contributed by atoms with Crippen molar-refractivity contribution in [1.82, 2.24) is 19.9 Å². The van der Waals surface area contributed by atoms with E-state index in [0.717, 1.165) is 4.47 Å². The first-order valence-electron chi connectivity index (χ1n) is 4.97. The third kappa shape index (κ3) is 3.04. The highest BCUT2D eigenvalue weighted by Crippen LogP contribution is 2.22. The molecule has 1 N–H and O–H groups in total. The highest BCUT2D eigenvalue weighted by atomic mass is 79.9. The Kier molecular flexibility index (Phi) is 3.88. The van der Waals surface area contributed by atoms with Gasteiger partial charge in [0.15, 0.2) is 5.75 Å². The molecule has 0 unspecified atom stereocenters.